The minimum Gasteiger partial charge on any atom is -0.452 e. The number of alkyl halides is 6. The fraction of sp³-hybridized carbons (Fsp3) is 0.273. The van der Waals surface area contributed by atoms with Gasteiger partial charge in [0.15, 0.2) is 0 Å². The zero-order valence-electron chi connectivity index (χ0n) is 9.97. The van der Waals surface area contributed by atoms with Crippen LogP contribution in [0.15, 0.2) is 18.2 Å². The minimum absolute atomic E-state index is 0.0470. The van der Waals surface area contributed by atoms with Crippen molar-refractivity contribution < 1.29 is 35.9 Å². The Bertz CT molecular complexity index is 476. The van der Waals surface area contributed by atoms with Crippen LogP contribution in [0.4, 0.5) is 36.8 Å². The molecule has 0 aliphatic heterocycles. The van der Waals surface area contributed by atoms with E-state index in [2.05, 4.69) is 11.8 Å². The molecule has 0 fully saturated rings. The van der Waals surface area contributed by atoms with Gasteiger partial charge in [0.05, 0.1) is 18.2 Å². The average Bonchev–Trinajstić information content (AvgIpc) is 2.34. The molecule has 0 atom stereocenters. The van der Waals surface area contributed by atoms with Crippen molar-refractivity contribution in [3.05, 3.63) is 36.4 Å². The van der Waals surface area contributed by atoms with Crippen molar-refractivity contribution in [1.29, 1.82) is 0 Å². The molecule has 0 aliphatic carbocycles. The molecule has 0 unspecified atom stereocenters. The largest absolute Gasteiger partial charge is 0.452 e. The van der Waals surface area contributed by atoms with Crippen molar-refractivity contribution in [2.45, 2.75) is 12.4 Å². The van der Waals surface area contributed by atoms with Crippen LogP contribution in [0.2, 0.25) is 0 Å². The van der Waals surface area contributed by atoms with Crippen molar-refractivity contribution in [3.63, 3.8) is 0 Å². The van der Waals surface area contributed by atoms with Gasteiger partial charge in [-0.25, -0.2) is 4.79 Å². The summed E-state index contributed by atoms with van der Waals surface area (Å²) < 4.78 is 79.5. The first-order valence-electron chi connectivity index (χ1n) is 4.95. The molecule has 0 heterocycles. The Morgan fingerprint density at radius 2 is 1.45 bits per heavy atom. The number of ether oxygens (including phenoxy) is 1. The van der Waals surface area contributed by atoms with Gasteiger partial charge < -0.3 is 4.74 Å². The van der Waals surface area contributed by atoms with Crippen LogP contribution in [0, 0.1) is 7.05 Å². The van der Waals surface area contributed by atoms with Crippen molar-refractivity contribution in [1.82, 2.24) is 0 Å². The minimum atomic E-state index is -4.99. The Kier molecular flexibility index (Phi) is 4.21. The number of hydrogen-bond donors (Lipinski definition) is 0. The summed E-state index contributed by atoms with van der Waals surface area (Å²) in [5, 5.41) is 0. The quantitative estimate of drug-likeness (QED) is 0.731. The van der Waals surface area contributed by atoms with Gasteiger partial charge in [-0.3, -0.25) is 4.90 Å². The third-order valence-electron chi connectivity index (χ3n) is 2.28. The number of hydrogen-bond acceptors (Lipinski definition) is 2. The third-order valence-corrected chi connectivity index (χ3v) is 2.28. The van der Waals surface area contributed by atoms with E-state index in [1.54, 1.807) is 0 Å². The predicted molar refractivity (Wildman–Crippen MR) is 56.7 cm³/mol. The highest BCUT2D eigenvalue weighted by Gasteiger charge is 2.37. The summed E-state index contributed by atoms with van der Waals surface area (Å²) in [6, 6.07) is 0.701. The topological polar surface area (TPSA) is 29.5 Å². The molecule has 0 saturated carbocycles. The number of rotatable bonds is 1. The molecular weight excluding hydrogens is 292 g/mol. The molecule has 1 aromatic rings. The van der Waals surface area contributed by atoms with Gasteiger partial charge in [-0.05, 0) is 18.2 Å². The van der Waals surface area contributed by atoms with Crippen molar-refractivity contribution in [3.8, 4) is 0 Å². The van der Waals surface area contributed by atoms with Crippen molar-refractivity contribution >= 4 is 11.8 Å². The van der Waals surface area contributed by atoms with Crippen LogP contribution in [0.25, 0.3) is 0 Å². The van der Waals surface area contributed by atoms with Gasteiger partial charge in [0, 0.05) is 12.7 Å². The standard InChI is InChI=1S/C11H8F6NO2/c1-18(9(19)20-2)8-4-6(10(12,13)14)3-7(5-8)11(15,16)17/h3-5H,1H2,2H3. The van der Waals surface area contributed by atoms with Gasteiger partial charge in [-0.15, -0.1) is 0 Å². The molecule has 9 heteroatoms. The van der Waals surface area contributed by atoms with Gasteiger partial charge in [-0.2, -0.15) is 26.3 Å². The summed E-state index contributed by atoms with van der Waals surface area (Å²) in [5.74, 6) is 0. The number of anilines is 1. The summed E-state index contributed by atoms with van der Waals surface area (Å²) >= 11 is 0. The van der Waals surface area contributed by atoms with E-state index in [-0.39, 0.29) is 6.07 Å². The zero-order valence-corrected chi connectivity index (χ0v) is 9.97. The van der Waals surface area contributed by atoms with Crippen LogP contribution in [0.1, 0.15) is 11.1 Å². The first kappa shape index (κ1) is 16.1. The smallest absolute Gasteiger partial charge is 0.416 e. The van der Waals surface area contributed by atoms with Crippen LogP contribution in [-0.2, 0) is 17.1 Å². The Morgan fingerprint density at radius 3 is 1.75 bits per heavy atom. The summed E-state index contributed by atoms with van der Waals surface area (Å²) in [4.78, 5) is 11.4. The van der Waals surface area contributed by atoms with Crippen LogP contribution in [0.5, 0.6) is 0 Å². The maximum absolute atomic E-state index is 12.6. The number of halogens is 6. The fourth-order valence-electron chi connectivity index (χ4n) is 1.31. The molecule has 111 valence electrons. The lowest BCUT2D eigenvalue weighted by Crippen LogP contribution is -2.24. The summed E-state index contributed by atoms with van der Waals surface area (Å²) in [6.45, 7) is 0. The SMILES string of the molecule is [CH2]N(C(=O)OC)c1cc(C(F)(F)F)cc(C(F)(F)F)c1. The lowest BCUT2D eigenvalue weighted by Gasteiger charge is -2.19. The van der Waals surface area contributed by atoms with E-state index in [1.165, 1.54) is 0 Å². The molecule has 0 aromatic heterocycles. The molecule has 0 bridgehead atoms. The molecule has 3 nitrogen and oxygen atoms in total. The summed E-state index contributed by atoms with van der Waals surface area (Å²) in [7, 11) is 3.96. The van der Waals surface area contributed by atoms with Crippen LogP contribution in [-0.4, -0.2) is 13.2 Å². The van der Waals surface area contributed by atoms with E-state index in [1.807, 2.05) is 0 Å². The lowest BCUT2D eigenvalue weighted by molar-refractivity contribution is -0.143. The Hall–Kier alpha value is -1.93. The van der Waals surface area contributed by atoms with E-state index in [0.717, 1.165) is 7.11 Å². The van der Waals surface area contributed by atoms with Crippen LogP contribution in [0.3, 0.4) is 0 Å². The predicted octanol–water partition coefficient (Wildman–Crippen LogP) is 4.09. The third kappa shape index (κ3) is 3.55. The van der Waals surface area contributed by atoms with Crippen molar-refractivity contribution in [2.75, 3.05) is 12.0 Å². The number of methoxy groups -OCH3 is 1. The second kappa shape index (κ2) is 5.22. The lowest BCUT2D eigenvalue weighted by atomic mass is 10.1. The van der Waals surface area contributed by atoms with E-state index in [9.17, 15) is 31.1 Å². The average molecular weight is 300 g/mol. The zero-order chi connectivity index (χ0) is 15.7. The Morgan fingerprint density at radius 1 is 1.05 bits per heavy atom. The van der Waals surface area contributed by atoms with Crippen LogP contribution < -0.4 is 4.90 Å². The first-order chi connectivity index (χ1) is 8.96. The number of nitrogens with zero attached hydrogens (tertiary/aromatic N) is 1. The second-order valence-electron chi connectivity index (χ2n) is 3.66. The number of carbonyl (C=O) groups excluding carboxylic acids is 1. The molecule has 1 aromatic carbocycles. The molecule has 0 spiro atoms. The Balaban J connectivity index is 3.42. The molecule has 1 rings (SSSR count). The number of amides is 1. The Labute approximate surface area is 109 Å². The van der Waals surface area contributed by atoms with E-state index >= 15 is 0 Å². The maximum Gasteiger partial charge on any atom is 0.416 e. The van der Waals surface area contributed by atoms with Gasteiger partial charge in [0.2, 0.25) is 0 Å². The fourth-order valence-corrected chi connectivity index (χ4v) is 1.31. The monoisotopic (exact) mass is 300 g/mol. The molecule has 0 saturated heterocycles. The van der Waals surface area contributed by atoms with E-state index in [0.29, 0.717) is 17.0 Å². The van der Waals surface area contributed by atoms with E-state index in [4.69, 9.17) is 0 Å². The van der Waals surface area contributed by atoms with Gasteiger partial charge in [-0.1, -0.05) is 0 Å². The van der Waals surface area contributed by atoms with E-state index < -0.39 is 35.3 Å². The number of carbonyl (C=O) groups is 1. The normalized spacial score (nSPS) is 12.2. The highest BCUT2D eigenvalue weighted by Crippen LogP contribution is 2.38. The highest BCUT2D eigenvalue weighted by atomic mass is 19.4. The molecular formula is C11H8F6NO2. The van der Waals surface area contributed by atoms with Gasteiger partial charge in [0.1, 0.15) is 0 Å². The van der Waals surface area contributed by atoms with Crippen LogP contribution >= 0.6 is 0 Å². The molecule has 1 radical (unpaired) electrons. The maximum atomic E-state index is 12.6. The molecule has 0 N–H and O–H groups in total. The molecule has 20 heavy (non-hydrogen) atoms. The molecule has 0 aliphatic rings. The number of benzene rings is 1. The van der Waals surface area contributed by atoms with Crippen molar-refractivity contribution in [2.24, 2.45) is 0 Å². The summed E-state index contributed by atoms with van der Waals surface area (Å²) in [5.41, 5.74) is -3.77. The highest BCUT2D eigenvalue weighted by molar-refractivity contribution is 5.88. The summed E-state index contributed by atoms with van der Waals surface area (Å²) in [6.07, 6.45) is -11.2. The molecule has 1 amide bonds. The second-order valence-corrected chi connectivity index (χ2v) is 3.66. The first-order valence-corrected chi connectivity index (χ1v) is 4.95. The van der Waals surface area contributed by atoms with Gasteiger partial charge in [0.25, 0.3) is 0 Å². The van der Waals surface area contributed by atoms with Gasteiger partial charge >= 0.3 is 18.4 Å².